The van der Waals surface area contributed by atoms with Crippen LogP contribution in [0.1, 0.15) is 5.56 Å². The van der Waals surface area contributed by atoms with Crippen molar-refractivity contribution in [3.05, 3.63) is 28.2 Å². The van der Waals surface area contributed by atoms with E-state index in [0.717, 1.165) is 4.47 Å². The van der Waals surface area contributed by atoms with Gasteiger partial charge in [0.05, 0.1) is 7.11 Å². The predicted octanol–water partition coefficient (Wildman–Crippen LogP) is 1.56. The van der Waals surface area contributed by atoms with Crippen LogP contribution in [0, 0.1) is 11.8 Å². The first-order valence-corrected chi connectivity index (χ1v) is 4.58. The average Bonchev–Trinajstić information content (AvgIpc) is 2.16. The van der Waals surface area contributed by atoms with Crippen molar-refractivity contribution in [3.8, 4) is 11.8 Å². The number of esters is 1. The van der Waals surface area contributed by atoms with Gasteiger partial charge < -0.3 is 10.5 Å². The topological polar surface area (TPSA) is 52.3 Å². The molecule has 0 aliphatic heterocycles. The van der Waals surface area contributed by atoms with Crippen LogP contribution in [-0.4, -0.2) is 13.1 Å². The molecule has 1 aromatic rings. The Morgan fingerprint density at radius 3 is 2.86 bits per heavy atom. The van der Waals surface area contributed by atoms with E-state index in [9.17, 15) is 4.79 Å². The number of carbonyl (C=O) groups is 1. The van der Waals surface area contributed by atoms with E-state index in [1.807, 2.05) is 0 Å². The van der Waals surface area contributed by atoms with E-state index in [2.05, 4.69) is 32.5 Å². The van der Waals surface area contributed by atoms with Crippen LogP contribution in [-0.2, 0) is 9.53 Å². The SMILES string of the molecule is COC(=O)C#Cc1ccc(Br)cc1N. The lowest BCUT2D eigenvalue weighted by molar-refractivity contribution is -0.133. The summed E-state index contributed by atoms with van der Waals surface area (Å²) in [6, 6.07) is 5.26. The van der Waals surface area contributed by atoms with Gasteiger partial charge in [0.1, 0.15) is 0 Å². The highest BCUT2D eigenvalue weighted by molar-refractivity contribution is 9.10. The molecular formula is C10H8BrNO2. The fourth-order valence-electron chi connectivity index (χ4n) is 0.817. The van der Waals surface area contributed by atoms with Gasteiger partial charge in [-0.3, -0.25) is 0 Å². The molecule has 72 valence electrons. The molecule has 0 bridgehead atoms. The Morgan fingerprint density at radius 1 is 1.57 bits per heavy atom. The Balaban J connectivity index is 2.96. The van der Waals surface area contributed by atoms with Gasteiger partial charge in [-0.25, -0.2) is 4.79 Å². The molecular weight excluding hydrogens is 246 g/mol. The molecule has 0 spiro atoms. The van der Waals surface area contributed by atoms with Crippen molar-refractivity contribution in [1.29, 1.82) is 0 Å². The number of carbonyl (C=O) groups excluding carboxylic acids is 1. The van der Waals surface area contributed by atoms with E-state index in [1.54, 1.807) is 18.2 Å². The highest BCUT2D eigenvalue weighted by Gasteiger charge is 1.96. The lowest BCUT2D eigenvalue weighted by Crippen LogP contribution is -1.95. The third kappa shape index (κ3) is 2.79. The van der Waals surface area contributed by atoms with Gasteiger partial charge >= 0.3 is 5.97 Å². The fourth-order valence-corrected chi connectivity index (χ4v) is 1.20. The minimum atomic E-state index is -0.577. The van der Waals surface area contributed by atoms with Gasteiger partial charge in [-0.1, -0.05) is 21.9 Å². The van der Waals surface area contributed by atoms with Gasteiger partial charge in [-0.2, -0.15) is 0 Å². The number of methoxy groups -OCH3 is 1. The molecule has 14 heavy (non-hydrogen) atoms. The molecule has 0 atom stereocenters. The number of benzene rings is 1. The van der Waals surface area contributed by atoms with Crippen molar-refractivity contribution in [2.45, 2.75) is 0 Å². The van der Waals surface area contributed by atoms with Gasteiger partial charge in [-0.05, 0) is 18.2 Å². The summed E-state index contributed by atoms with van der Waals surface area (Å²) < 4.78 is 5.25. The second kappa shape index (κ2) is 4.68. The maximum absolute atomic E-state index is 10.7. The molecule has 3 nitrogen and oxygen atoms in total. The van der Waals surface area contributed by atoms with Gasteiger partial charge in [0.25, 0.3) is 0 Å². The van der Waals surface area contributed by atoms with E-state index in [4.69, 9.17) is 5.73 Å². The maximum Gasteiger partial charge on any atom is 0.384 e. The molecule has 0 unspecified atom stereocenters. The summed E-state index contributed by atoms with van der Waals surface area (Å²) in [6.45, 7) is 0. The number of halogens is 1. The molecule has 0 aliphatic rings. The van der Waals surface area contributed by atoms with Crippen molar-refractivity contribution in [3.63, 3.8) is 0 Å². The first kappa shape index (κ1) is 10.6. The fraction of sp³-hybridized carbons (Fsp3) is 0.100. The van der Waals surface area contributed by atoms with Crippen LogP contribution in [0.25, 0.3) is 0 Å². The summed E-state index contributed by atoms with van der Waals surface area (Å²) in [5.74, 6) is 4.35. The minimum absolute atomic E-state index is 0.524. The van der Waals surface area contributed by atoms with Crippen LogP contribution in [0.3, 0.4) is 0 Å². The van der Waals surface area contributed by atoms with Gasteiger partial charge in [-0.15, -0.1) is 0 Å². The number of nitrogens with two attached hydrogens (primary N) is 1. The van der Waals surface area contributed by atoms with E-state index in [-0.39, 0.29) is 0 Å². The number of hydrogen-bond acceptors (Lipinski definition) is 3. The summed E-state index contributed by atoms with van der Waals surface area (Å²) >= 11 is 3.27. The average molecular weight is 254 g/mol. The summed E-state index contributed by atoms with van der Waals surface area (Å²) in [5.41, 5.74) is 6.80. The molecule has 0 aliphatic carbocycles. The van der Waals surface area contributed by atoms with E-state index < -0.39 is 5.97 Å². The second-order valence-corrected chi connectivity index (χ2v) is 3.39. The monoisotopic (exact) mass is 253 g/mol. The Kier molecular flexibility index (Phi) is 3.55. The Labute approximate surface area is 90.4 Å². The molecule has 2 N–H and O–H groups in total. The Bertz CT molecular complexity index is 418. The Hall–Kier alpha value is -1.47. The second-order valence-electron chi connectivity index (χ2n) is 2.47. The third-order valence-electron chi connectivity index (χ3n) is 1.50. The highest BCUT2D eigenvalue weighted by Crippen LogP contribution is 2.17. The van der Waals surface area contributed by atoms with Crippen LogP contribution in [0.4, 0.5) is 5.69 Å². The van der Waals surface area contributed by atoms with Crippen molar-refractivity contribution in [2.75, 3.05) is 12.8 Å². The summed E-state index contributed by atoms with van der Waals surface area (Å²) in [4.78, 5) is 10.7. The largest absolute Gasteiger partial charge is 0.459 e. The van der Waals surface area contributed by atoms with Crippen LogP contribution in [0.15, 0.2) is 22.7 Å². The van der Waals surface area contributed by atoms with Crippen LogP contribution in [0.5, 0.6) is 0 Å². The number of ether oxygens (including phenoxy) is 1. The summed E-state index contributed by atoms with van der Waals surface area (Å²) in [7, 11) is 1.28. The predicted molar refractivity (Wildman–Crippen MR) is 57.4 cm³/mol. The minimum Gasteiger partial charge on any atom is -0.459 e. The first-order valence-electron chi connectivity index (χ1n) is 3.78. The molecule has 0 saturated carbocycles. The van der Waals surface area contributed by atoms with Gasteiger partial charge in [0.15, 0.2) is 0 Å². The normalized spacial score (nSPS) is 8.71. The number of rotatable bonds is 0. The summed E-state index contributed by atoms with van der Waals surface area (Å²) in [6.07, 6.45) is 0. The van der Waals surface area contributed by atoms with Crippen LogP contribution < -0.4 is 5.73 Å². The van der Waals surface area contributed by atoms with Gasteiger partial charge in [0, 0.05) is 21.6 Å². The molecule has 1 rings (SSSR count). The zero-order valence-electron chi connectivity index (χ0n) is 7.50. The molecule has 0 saturated heterocycles. The first-order chi connectivity index (χ1) is 6.63. The summed E-state index contributed by atoms with van der Waals surface area (Å²) in [5, 5.41) is 0. The number of nitrogen functional groups attached to an aromatic ring is 1. The lowest BCUT2D eigenvalue weighted by atomic mass is 10.2. The van der Waals surface area contributed by atoms with E-state index >= 15 is 0 Å². The van der Waals surface area contributed by atoms with Crippen LogP contribution in [0.2, 0.25) is 0 Å². The molecule has 0 fully saturated rings. The highest BCUT2D eigenvalue weighted by atomic mass is 79.9. The smallest absolute Gasteiger partial charge is 0.384 e. The number of anilines is 1. The maximum atomic E-state index is 10.7. The van der Waals surface area contributed by atoms with Crippen molar-refractivity contribution in [2.24, 2.45) is 0 Å². The molecule has 0 aromatic heterocycles. The van der Waals surface area contributed by atoms with Gasteiger partial charge in [0.2, 0.25) is 0 Å². The zero-order chi connectivity index (χ0) is 10.6. The quantitative estimate of drug-likeness (QED) is 0.434. The van der Waals surface area contributed by atoms with Crippen LogP contribution >= 0.6 is 15.9 Å². The van der Waals surface area contributed by atoms with Crippen molar-refractivity contribution in [1.82, 2.24) is 0 Å². The van der Waals surface area contributed by atoms with Crippen molar-refractivity contribution < 1.29 is 9.53 Å². The molecule has 0 amide bonds. The third-order valence-corrected chi connectivity index (χ3v) is 1.99. The van der Waals surface area contributed by atoms with E-state index in [0.29, 0.717) is 11.3 Å². The zero-order valence-corrected chi connectivity index (χ0v) is 9.09. The standard InChI is InChI=1S/C10H8BrNO2/c1-14-10(13)5-3-7-2-4-8(11)6-9(7)12/h2,4,6H,12H2,1H3. The van der Waals surface area contributed by atoms with Crippen molar-refractivity contribution >= 4 is 27.6 Å². The molecule has 1 aromatic carbocycles. The molecule has 0 radical (unpaired) electrons. The molecule has 0 heterocycles. The Morgan fingerprint density at radius 2 is 2.29 bits per heavy atom. The molecule has 4 heteroatoms. The van der Waals surface area contributed by atoms with E-state index in [1.165, 1.54) is 7.11 Å². The number of hydrogen-bond donors (Lipinski definition) is 1. The lowest BCUT2D eigenvalue weighted by Gasteiger charge is -1.97.